The monoisotopic (exact) mass is 220 g/mol. The van der Waals surface area contributed by atoms with E-state index >= 15 is 0 Å². The van der Waals surface area contributed by atoms with Crippen LogP contribution < -0.4 is 4.74 Å². The van der Waals surface area contributed by atoms with Crippen LogP contribution in [0.5, 0.6) is 5.75 Å². The molecule has 0 radical (unpaired) electrons. The van der Waals surface area contributed by atoms with Gasteiger partial charge in [0.2, 0.25) is 0 Å². The van der Waals surface area contributed by atoms with Crippen molar-refractivity contribution in [2.24, 2.45) is 0 Å². The van der Waals surface area contributed by atoms with Crippen LogP contribution in [0.1, 0.15) is 30.9 Å². The highest BCUT2D eigenvalue weighted by molar-refractivity contribution is 5.37. The third-order valence-corrected chi connectivity index (χ3v) is 3.41. The zero-order chi connectivity index (χ0) is 11.0. The fraction of sp³-hybridized carbons (Fsp3) is 0.538. The number of benzene rings is 1. The lowest BCUT2D eigenvalue weighted by Gasteiger charge is -2.35. The van der Waals surface area contributed by atoms with Crippen molar-refractivity contribution in [3.8, 4) is 5.75 Å². The van der Waals surface area contributed by atoms with Crippen molar-refractivity contribution >= 4 is 0 Å². The predicted octanol–water partition coefficient (Wildman–Crippen LogP) is 2.05. The van der Waals surface area contributed by atoms with Gasteiger partial charge in [0.05, 0.1) is 6.10 Å². The summed E-state index contributed by atoms with van der Waals surface area (Å²) < 4.78 is 11.4. The van der Waals surface area contributed by atoms with Crippen LogP contribution in [0.25, 0.3) is 0 Å². The van der Waals surface area contributed by atoms with Gasteiger partial charge in [-0.1, -0.05) is 18.2 Å². The molecule has 2 unspecified atom stereocenters. The molecule has 86 valence electrons. The molecular weight excluding hydrogens is 204 g/mol. The number of para-hydroxylation sites is 1. The van der Waals surface area contributed by atoms with Gasteiger partial charge in [0.1, 0.15) is 24.6 Å². The molecule has 0 amide bonds. The standard InChI is InChI=1S/C13H16O3/c14-13-10-6-1-2-7-11(10)15-8-12(13)16-9-4-3-5-9/h1-2,6-7,9,12-14H,3-5,8H2. The molecule has 1 aromatic carbocycles. The maximum absolute atomic E-state index is 10.2. The molecule has 1 aliphatic heterocycles. The van der Waals surface area contributed by atoms with Gasteiger partial charge in [0.25, 0.3) is 0 Å². The molecule has 0 spiro atoms. The lowest BCUT2D eigenvalue weighted by Crippen LogP contribution is -2.38. The maximum atomic E-state index is 10.2. The summed E-state index contributed by atoms with van der Waals surface area (Å²) in [5.41, 5.74) is 0.845. The largest absolute Gasteiger partial charge is 0.490 e. The van der Waals surface area contributed by atoms with Gasteiger partial charge >= 0.3 is 0 Å². The molecule has 1 aromatic rings. The second-order valence-corrected chi connectivity index (χ2v) is 4.52. The highest BCUT2D eigenvalue weighted by Gasteiger charge is 2.33. The normalized spacial score (nSPS) is 29.1. The minimum Gasteiger partial charge on any atom is -0.490 e. The number of aliphatic hydroxyl groups is 1. The summed E-state index contributed by atoms with van der Waals surface area (Å²) in [7, 11) is 0. The van der Waals surface area contributed by atoms with Crippen molar-refractivity contribution in [3.63, 3.8) is 0 Å². The predicted molar refractivity (Wildman–Crippen MR) is 59.4 cm³/mol. The van der Waals surface area contributed by atoms with Crippen LogP contribution in [0.3, 0.4) is 0 Å². The molecule has 0 aromatic heterocycles. The summed E-state index contributed by atoms with van der Waals surface area (Å²) in [6.07, 6.45) is 3.04. The van der Waals surface area contributed by atoms with Crippen LogP contribution in [-0.4, -0.2) is 23.9 Å². The first-order chi connectivity index (χ1) is 7.84. The van der Waals surface area contributed by atoms with E-state index in [9.17, 15) is 5.11 Å². The zero-order valence-electron chi connectivity index (χ0n) is 9.13. The van der Waals surface area contributed by atoms with E-state index < -0.39 is 6.10 Å². The summed E-state index contributed by atoms with van der Waals surface area (Å²) in [4.78, 5) is 0. The van der Waals surface area contributed by atoms with Gasteiger partial charge in [-0.2, -0.15) is 0 Å². The lowest BCUT2D eigenvalue weighted by atomic mass is 9.95. The van der Waals surface area contributed by atoms with Crippen LogP contribution in [0, 0.1) is 0 Å². The summed E-state index contributed by atoms with van der Waals surface area (Å²) in [6.45, 7) is 0.453. The van der Waals surface area contributed by atoms with Crippen LogP contribution >= 0.6 is 0 Å². The number of rotatable bonds is 2. The highest BCUT2D eigenvalue weighted by Crippen LogP contribution is 2.35. The molecule has 0 saturated heterocycles. The Morgan fingerprint density at radius 3 is 2.81 bits per heavy atom. The number of ether oxygens (including phenoxy) is 2. The van der Waals surface area contributed by atoms with E-state index in [0.29, 0.717) is 12.7 Å². The molecule has 1 heterocycles. The van der Waals surface area contributed by atoms with Gasteiger partial charge < -0.3 is 14.6 Å². The van der Waals surface area contributed by atoms with Crippen LogP contribution in [0.4, 0.5) is 0 Å². The third kappa shape index (κ3) is 1.70. The molecule has 2 atom stereocenters. The number of aliphatic hydroxyl groups excluding tert-OH is 1. The minimum absolute atomic E-state index is 0.208. The number of fused-ring (bicyclic) bond motifs is 1. The van der Waals surface area contributed by atoms with E-state index in [-0.39, 0.29) is 6.10 Å². The summed E-state index contributed by atoms with van der Waals surface area (Å²) in [5, 5.41) is 10.2. The molecule has 1 N–H and O–H groups in total. The average Bonchev–Trinajstić information content (AvgIpc) is 2.26. The smallest absolute Gasteiger partial charge is 0.125 e. The van der Waals surface area contributed by atoms with Gasteiger partial charge in [0, 0.05) is 5.56 Å². The summed E-state index contributed by atoms with van der Waals surface area (Å²) >= 11 is 0. The van der Waals surface area contributed by atoms with Gasteiger partial charge in [-0.05, 0) is 25.3 Å². The quantitative estimate of drug-likeness (QED) is 0.829. The van der Waals surface area contributed by atoms with E-state index in [1.54, 1.807) is 0 Å². The highest BCUT2D eigenvalue weighted by atomic mass is 16.6. The molecule has 2 aliphatic rings. The van der Waals surface area contributed by atoms with Crippen molar-refractivity contribution < 1.29 is 14.6 Å². The molecule has 3 rings (SSSR count). The van der Waals surface area contributed by atoms with E-state index in [1.807, 2.05) is 24.3 Å². The van der Waals surface area contributed by atoms with Gasteiger partial charge in [-0.3, -0.25) is 0 Å². The number of hydrogen-bond acceptors (Lipinski definition) is 3. The van der Waals surface area contributed by atoms with Crippen LogP contribution in [0.2, 0.25) is 0 Å². The zero-order valence-corrected chi connectivity index (χ0v) is 9.13. The molecule has 1 aliphatic carbocycles. The third-order valence-electron chi connectivity index (χ3n) is 3.41. The van der Waals surface area contributed by atoms with Crippen molar-refractivity contribution in [2.75, 3.05) is 6.61 Å². The molecule has 1 saturated carbocycles. The minimum atomic E-state index is -0.550. The molecule has 3 nitrogen and oxygen atoms in total. The second kappa shape index (κ2) is 4.07. The Kier molecular flexibility index (Phi) is 2.58. The van der Waals surface area contributed by atoms with Gasteiger partial charge in [-0.25, -0.2) is 0 Å². The molecule has 3 heteroatoms. The molecule has 0 bridgehead atoms. The Hall–Kier alpha value is -1.06. The van der Waals surface area contributed by atoms with E-state index in [4.69, 9.17) is 9.47 Å². The van der Waals surface area contributed by atoms with Crippen molar-refractivity contribution in [2.45, 2.75) is 37.6 Å². The Morgan fingerprint density at radius 1 is 1.25 bits per heavy atom. The van der Waals surface area contributed by atoms with Crippen molar-refractivity contribution in [1.29, 1.82) is 0 Å². The maximum Gasteiger partial charge on any atom is 0.125 e. The van der Waals surface area contributed by atoms with E-state index in [0.717, 1.165) is 24.2 Å². The fourth-order valence-corrected chi connectivity index (χ4v) is 2.19. The van der Waals surface area contributed by atoms with E-state index in [1.165, 1.54) is 6.42 Å². The molecular formula is C13H16O3. The van der Waals surface area contributed by atoms with Crippen molar-refractivity contribution in [1.82, 2.24) is 0 Å². The van der Waals surface area contributed by atoms with E-state index in [2.05, 4.69) is 0 Å². The Balaban J connectivity index is 1.75. The first kappa shape index (κ1) is 10.1. The molecule has 16 heavy (non-hydrogen) atoms. The summed E-state index contributed by atoms with van der Waals surface area (Å²) in [5.74, 6) is 0.781. The van der Waals surface area contributed by atoms with Gasteiger partial charge in [0.15, 0.2) is 0 Å². The summed E-state index contributed by atoms with van der Waals surface area (Å²) in [6, 6.07) is 7.62. The average molecular weight is 220 g/mol. The topological polar surface area (TPSA) is 38.7 Å². The Bertz CT molecular complexity index is 373. The SMILES string of the molecule is OC1c2ccccc2OCC1OC1CCC1. The first-order valence-electron chi connectivity index (χ1n) is 5.90. The number of hydrogen-bond donors (Lipinski definition) is 1. The Labute approximate surface area is 95.0 Å². The Morgan fingerprint density at radius 2 is 2.06 bits per heavy atom. The van der Waals surface area contributed by atoms with Crippen molar-refractivity contribution in [3.05, 3.63) is 29.8 Å². The lowest BCUT2D eigenvalue weighted by molar-refractivity contribution is -0.125. The first-order valence-corrected chi connectivity index (χ1v) is 5.90. The molecule has 1 fully saturated rings. The van der Waals surface area contributed by atoms with Gasteiger partial charge in [-0.15, -0.1) is 0 Å². The van der Waals surface area contributed by atoms with Crippen LogP contribution in [-0.2, 0) is 4.74 Å². The fourth-order valence-electron chi connectivity index (χ4n) is 2.19. The second-order valence-electron chi connectivity index (χ2n) is 4.52. The van der Waals surface area contributed by atoms with Crippen LogP contribution in [0.15, 0.2) is 24.3 Å².